The van der Waals surface area contributed by atoms with Gasteiger partial charge in [0.05, 0.1) is 12.0 Å². The normalized spacial score (nSPS) is 14.3. The summed E-state index contributed by atoms with van der Waals surface area (Å²) < 4.78 is 31.7. The number of nitro benzene ring substituents is 1. The van der Waals surface area contributed by atoms with Crippen LogP contribution in [0.25, 0.3) is 6.08 Å². The van der Waals surface area contributed by atoms with E-state index in [4.69, 9.17) is 4.74 Å². The lowest BCUT2D eigenvalue weighted by Gasteiger charge is -2.35. The highest BCUT2D eigenvalue weighted by Crippen LogP contribution is 2.28. The van der Waals surface area contributed by atoms with Crippen molar-refractivity contribution < 1.29 is 23.2 Å². The summed E-state index contributed by atoms with van der Waals surface area (Å²) in [5.41, 5.74) is 0.758. The van der Waals surface area contributed by atoms with Gasteiger partial charge in [-0.1, -0.05) is 6.07 Å². The predicted molar refractivity (Wildman–Crippen MR) is 104 cm³/mol. The number of methoxy groups -OCH3 is 1. The molecule has 0 radical (unpaired) electrons. The highest BCUT2D eigenvalue weighted by Gasteiger charge is 2.21. The molecule has 9 heteroatoms. The van der Waals surface area contributed by atoms with E-state index in [0.29, 0.717) is 37.4 Å². The van der Waals surface area contributed by atoms with Crippen LogP contribution in [0, 0.1) is 21.7 Å². The lowest BCUT2D eigenvalue weighted by atomic mass is 10.1. The van der Waals surface area contributed by atoms with Gasteiger partial charge in [-0.05, 0) is 29.8 Å². The van der Waals surface area contributed by atoms with Gasteiger partial charge in [-0.2, -0.15) is 0 Å². The van der Waals surface area contributed by atoms with Gasteiger partial charge in [-0.25, -0.2) is 8.78 Å². The number of anilines is 1. The van der Waals surface area contributed by atoms with Crippen LogP contribution in [0.15, 0.2) is 42.5 Å². The Morgan fingerprint density at radius 1 is 1.10 bits per heavy atom. The predicted octanol–water partition coefficient (Wildman–Crippen LogP) is 3.24. The van der Waals surface area contributed by atoms with Gasteiger partial charge in [0.2, 0.25) is 5.91 Å². The topological polar surface area (TPSA) is 75.9 Å². The van der Waals surface area contributed by atoms with Crippen LogP contribution in [-0.2, 0) is 4.79 Å². The summed E-state index contributed by atoms with van der Waals surface area (Å²) in [7, 11) is 1.35. The molecular weight excluding hydrogens is 384 g/mol. The van der Waals surface area contributed by atoms with Crippen LogP contribution < -0.4 is 9.64 Å². The summed E-state index contributed by atoms with van der Waals surface area (Å²) in [5.74, 6) is -1.39. The number of hydrogen-bond donors (Lipinski definition) is 0. The van der Waals surface area contributed by atoms with Crippen LogP contribution in [0.5, 0.6) is 5.75 Å². The van der Waals surface area contributed by atoms with Crippen molar-refractivity contribution in [2.75, 3.05) is 38.2 Å². The molecule has 2 aromatic rings. The van der Waals surface area contributed by atoms with Gasteiger partial charge in [-0.3, -0.25) is 14.9 Å². The quantitative estimate of drug-likeness (QED) is 0.435. The van der Waals surface area contributed by atoms with Crippen LogP contribution in [0.2, 0.25) is 0 Å². The van der Waals surface area contributed by atoms with Crippen molar-refractivity contribution in [3.63, 3.8) is 0 Å². The number of nitrogens with zero attached hydrogens (tertiary/aromatic N) is 3. The molecule has 1 saturated heterocycles. The number of nitro groups is 1. The van der Waals surface area contributed by atoms with Gasteiger partial charge in [0.1, 0.15) is 11.6 Å². The van der Waals surface area contributed by atoms with Crippen molar-refractivity contribution in [1.82, 2.24) is 4.90 Å². The van der Waals surface area contributed by atoms with Gasteiger partial charge in [-0.15, -0.1) is 0 Å². The third-order valence-electron chi connectivity index (χ3n) is 4.62. The minimum absolute atomic E-state index is 0.142. The zero-order chi connectivity index (χ0) is 21.0. The van der Waals surface area contributed by atoms with Crippen molar-refractivity contribution in [3.05, 3.63) is 69.8 Å². The highest BCUT2D eigenvalue weighted by molar-refractivity contribution is 5.92. The second kappa shape index (κ2) is 8.68. The van der Waals surface area contributed by atoms with E-state index in [1.54, 1.807) is 11.0 Å². The monoisotopic (exact) mass is 403 g/mol. The first-order valence-corrected chi connectivity index (χ1v) is 8.88. The Morgan fingerprint density at radius 2 is 1.76 bits per heavy atom. The number of ether oxygens (including phenoxy) is 1. The van der Waals surface area contributed by atoms with E-state index in [9.17, 15) is 23.7 Å². The smallest absolute Gasteiger partial charge is 0.311 e. The number of carbonyl (C=O) groups is 1. The van der Waals surface area contributed by atoms with Crippen molar-refractivity contribution in [3.8, 4) is 5.75 Å². The number of amides is 1. The van der Waals surface area contributed by atoms with Crippen LogP contribution in [0.4, 0.5) is 20.2 Å². The molecule has 1 aliphatic heterocycles. The largest absolute Gasteiger partial charge is 0.490 e. The molecule has 0 atom stereocenters. The third kappa shape index (κ3) is 4.87. The molecule has 0 saturated carbocycles. The molecule has 2 aromatic carbocycles. The second-order valence-corrected chi connectivity index (χ2v) is 6.46. The highest BCUT2D eigenvalue weighted by atomic mass is 19.1. The molecule has 0 aliphatic carbocycles. The number of halogens is 2. The van der Waals surface area contributed by atoms with E-state index in [0.717, 1.165) is 6.07 Å². The maximum absolute atomic E-state index is 13.4. The summed E-state index contributed by atoms with van der Waals surface area (Å²) in [6.45, 7) is 1.67. The summed E-state index contributed by atoms with van der Waals surface area (Å²) in [6, 6.07) is 7.76. The van der Waals surface area contributed by atoms with E-state index < -0.39 is 16.6 Å². The number of benzene rings is 2. The van der Waals surface area contributed by atoms with Crippen LogP contribution in [0.1, 0.15) is 5.56 Å². The Morgan fingerprint density at radius 3 is 2.34 bits per heavy atom. The zero-order valence-electron chi connectivity index (χ0n) is 15.7. The first-order chi connectivity index (χ1) is 13.9. The fourth-order valence-corrected chi connectivity index (χ4v) is 3.13. The fourth-order valence-electron chi connectivity index (χ4n) is 3.13. The number of rotatable bonds is 5. The maximum atomic E-state index is 13.4. The summed E-state index contributed by atoms with van der Waals surface area (Å²) in [5, 5.41) is 11.1. The summed E-state index contributed by atoms with van der Waals surface area (Å²) in [6.07, 6.45) is 2.85. The lowest BCUT2D eigenvalue weighted by molar-refractivity contribution is -0.385. The van der Waals surface area contributed by atoms with Crippen LogP contribution >= 0.6 is 0 Å². The number of carbonyl (C=O) groups excluding carboxylic acids is 1. The number of piperazine rings is 1. The molecular formula is C20H19F2N3O4. The average Bonchev–Trinajstić information content (AvgIpc) is 2.71. The molecule has 0 spiro atoms. The molecule has 1 fully saturated rings. The Kier molecular flexibility index (Phi) is 6.06. The summed E-state index contributed by atoms with van der Waals surface area (Å²) in [4.78, 5) is 26.4. The van der Waals surface area contributed by atoms with Crippen LogP contribution in [0.3, 0.4) is 0 Å². The average molecular weight is 403 g/mol. The molecule has 1 aliphatic rings. The Labute approximate surface area is 165 Å². The van der Waals surface area contributed by atoms with E-state index in [-0.39, 0.29) is 17.3 Å². The van der Waals surface area contributed by atoms with Gasteiger partial charge in [0.25, 0.3) is 0 Å². The van der Waals surface area contributed by atoms with E-state index in [1.807, 2.05) is 4.90 Å². The van der Waals surface area contributed by atoms with Crippen molar-refractivity contribution >= 4 is 23.4 Å². The molecule has 0 N–H and O–H groups in total. The molecule has 1 amide bonds. The lowest BCUT2D eigenvalue weighted by Crippen LogP contribution is -2.48. The van der Waals surface area contributed by atoms with Gasteiger partial charge < -0.3 is 14.5 Å². The maximum Gasteiger partial charge on any atom is 0.311 e. The molecule has 7 nitrogen and oxygen atoms in total. The first kappa shape index (κ1) is 20.2. The molecule has 29 heavy (non-hydrogen) atoms. The molecule has 0 unspecified atom stereocenters. The second-order valence-electron chi connectivity index (χ2n) is 6.46. The van der Waals surface area contributed by atoms with Gasteiger partial charge in [0, 0.05) is 50.1 Å². The SMILES string of the molecule is COc1ccc(/C=C/C(=O)N2CCN(c3cc(F)cc(F)c3)CC2)cc1[N+](=O)[O-]. The Hall–Kier alpha value is -3.49. The first-order valence-electron chi connectivity index (χ1n) is 8.88. The standard InChI is InChI=1S/C20H19F2N3O4/c1-29-19-4-2-14(10-18(19)25(27)28)3-5-20(26)24-8-6-23(7-9-24)17-12-15(21)11-16(22)13-17/h2-5,10-13H,6-9H2,1H3/b5-3+. The van der Waals surface area contributed by atoms with Crippen molar-refractivity contribution in [2.45, 2.75) is 0 Å². The summed E-state index contributed by atoms with van der Waals surface area (Å²) >= 11 is 0. The fraction of sp³-hybridized carbons (Fsp3) is 0.250. The van der Waals surface area contributed by atoms with E-state index in [2.05, 4.69) is 0 Å². The number of hydrogen-bond acceptors (Lipinski definition) is 5. The molecule has 0 bridgehead atoms. The molecule has 3 rings (SSSR count). The van der Waals surface area contributed by atoms with Gasteiger partial charge >= 0.3 is 5.69 Å². The Bertz CT molecular complexity index is 936. The van der Waals surface area contributed by atoms with Crippen molar-refractivity contribution in [2.24, 2.45) is 0 Å². The van der Waals surface area contributed by atoms with Gasteiger partial charge in [0.15, 0.2) is 5.75 Å². The zero-order valence-corrected chi connectivity index (χ0v) is 15.7. The minimum atomic E-state index is -0.643. The molecule has 0 aromatic heterocycles. The molecule has 152 valence electrons. The third-order valence-corrected chi connectivity index (χ3v) is 4.62. The minimum Gasteiger partial charge on any atom is -0.490 e. The van der Waals surface area contributed by atoms with E-state index in [1.165, 1.54) is 43.5 Å². The van der Waals surface area contributed by atoms with Crippen molar-refractivity contribution in [1.29, 1.82) is 0 Å². The molecule has 1 heterocycles. The van der Waals surface area contributed by atoms with E-state index >= 15 is 0 Å². The van der Waals surface area contributed by atoms with Crippen LogP contribution in [-0.4, -0.2) is 49.0 Å². The Balaban J connectivity index is 1.62.